The number of carbonyl (C=O) groups excluding carboxylic acids is 1. The molecular weight excluding hydrogens is 362 g/mol. The normalized spacial score (nSPS) is 10.9. The maximum atomic E-state index is 12.7. The summed E-state index contributed by atoms with van der Waals surface area (Å²) < 4.78 is 8.34. The molecule has 23 heavy (non-hydrogen) atoms. The predicted octanol–water partition coefficient (Wildman–Crippen LogP) is 2.49. The molecule has 0 saturated carbocycles. The highest BCUT2D eigenvalue weighted by atomic mass is 79.9. The van der Waals surface area contributed by atoms with Gasteiger partial charge in [-0.1, -0.05) is 30.3 Å². The summed E-state index contributed by atoms with van der Waals surface area (Å²) in [7, 11) is 0. The molecule has 0 atom stereocenters. The van der Waals surface area contributed by atoms with Crippen LogP contribution >= 0.6 is 15.9 Å². The number of nitrogens with zero attached hydrogens (tertiary/aromatic N) is 3. The van der Waals surface area contributed by atoms with Gasteiger partial charge in [-0.25, -0.2) is 4.52 Å². The Morgan fingerprint density at radius 1 is 1.30 bits per heavy atom. The van der Waals surface area contributed by atoms with Crippen molar-refractivity contribution in [1.29, 1.82) is 0 Å². The van der Waals surface area contributed by atoms with Crippen LogP contribution in [0.15, 0.2) is 52.1 Å². The summed E-state index contributed by atoms with van der Waals surface area (Å²) in [6, 6.07) is 11.4. The van der Waals surface area contributed by atoms with E-state index in [1.54, 1.807) is 6.92 Å². The second-order valence-electron chi connectivity index (χ2n) is 4.88. The quantitative estimate of drug-likeness (QED) is 0.657. The van der Waals surface area contributed by atoms with E-state index in [2.05, 4.69) is 21.0 Å². The van der Waals surface area contributed by atoms with E-state index in [0.29, 0.717) is 10.1 Å². The van der Waals surface area contributed by atoms with Gasteiger partial charge in [0, 0.05) is 5.56 Å². The molecule has 0 unspecified atom stereocenters. The van der Waals surface area contributed by atoms with Gasteiger partial charge in [-0.05, 0) is 34.5 Å². The van der Waals surface area contributed by atoms with Gasteiger partial charge in [0.2, 0.25) is 0 Å². The van der Waals surface area contributed by atoms with Gasteiger partial charge in [-0.3, -0.25) is 14.2 Å². The Bertz CT molecular complexity index is 915. The molecule has 7 heteroatoms. The molecule has 118 valence electrons. The molecule has 0 bridgehead atoms. The summed E-state index contributed by atoms with van der Waals surface area (Å²) in [4.78, 5) is 24.4. The fourth-order valence-corrected chi connectivity index (χ4v) is 2.88. The lowest BCUT2D eigenvalue weighted by atomic mass is 10.1. The molecule has 1 aromatic carbocycles. The smallest absolute Gasteiger partial charge is 0.326 e. The number of esters is 1. The zero-order valence-electron chi connectivity index (χ0n) is 12.4. The van der Waals surface area contributed by atoms with E-state index in [1.807, 2.05) is 36.4 Å². The molecule has 0 spiro atoms. The van der Waals surface area contributed by atoms with Crippen LogP contribution < -0.4 is 5.56 Å². The Hall–Kier alpha value is -2.41. The van der Waals surface area contributed by atoms with E-state index in [9.17, 15) is 9.59 Å². The molecule has 0 fully saturated rings. The number of ether oxygens (including phenoxy) is 1. The first-order valence-corrected chi connectivity index (χ1v) is 7.89. The van der Waals surface area contributed by atoms with E-state index in [1.165, 1.54) is 15.4 Å². The van der Waals surface area contributed by atoms with E-state index >= 15 is 0 Å². The lowest BCUT2D eigenvalue weighted by molar-refractivity contribution is -0.143. The summed E-state index contributed by atoms with van der Waals surface area (Å²) in [5.41, 5.74) is 1.78. The summed E-state index contributed by atoms with van der Waals surface area (Å²) in [6.07, 6.45) is 1.34. The second kappa shape index (κ2) is 6.37. The fourth-order valence-electron chi connectivity index (χ4n) is 2.39. The Kier molecular flexibility index (Phi) is 4.29. The van der Waals surface area contributed by atoms with Gasteiger partial charge in [0.25, 0.3) is 5.56 Å². The van der Waals surface area contributed by atoms with Crippen molar-refractivity contribution in [3.8, 4) is 11.1 Å². The van der Waals surface area contributed by atoms with Crippen LogP contribution in [0.25, 0.3) is 16.6 Å². The molecule has 0 saturated heterocycles. The van der Waals surface area contributed by atoms with Gasteiger partial charge >= 0.3 is 5.97 Å². The fraction of sp³-hybridized carbons (Fsp3) is 0.188. The van der Waals surface area contributed by atoms with Crippen LogP contribution in [-0.4, -0.2) is 26.8 Å². The molecule has 0 aliphatic rings. The SMILES string of the molecule is CCOC(=O)Cn1cnn2c(Br)cc(-c3ccccc3)c2c1=O. The first-order chi connectivity index (χ1) is 11.1. The standard InChI is InChI=1S/C16H14BrN3O3/c1-2-23-14(21)9-19-10-18-20-13(17)8-12(15(20)16(19)22)11-6-4-3-5-7-11/h3-8,10H,2,9H2,1H3. The molecule has 0 amide bonds. The van der Waals surface area contributed by atoms with Gasteiger partial charge in [0.1, 0.15) is 23.0 Å². The van der Waals surface area contributed by atoms with Crippen molar-refractivity contribution < 1.29 is 9.53 Å². The summed E-state index contributed by atoms with van der Waals surface area (Å²) in [6.45, 7) is 1.84. The minimum atomic E-state index is -0.465. The Morgan fingerprint density at radius 3 is 2.74 bits per heavy atom. The number of fused-ring (bicyclic) bond motifs is 1. The molecule has 0 N–H and O–H groups in total. The third kappa shape index (κ3) is 2.92. The number of hydrogen-bond acceptors (Lipinski definition) is 4. The minimum absolute atomic E-state index is 0.160. The molecule has 0 radical (unpaired) electrons. The molecule has 0 aliphatic carbocycles. The predicted molar refractivity (Wildman–Crippen MR) is 89.2 cm³/mol. The Labute approximate surface area is 140 Å². The largest absolute Gasteiger partial charge is 0.465 e. The molecule has 3 rings (SSSR count). The molecule has 3 aromatic rings. The van der Waals surface area contributed by atoms with Gasteiger partial charge in [0.15, 0.2) is 0 Å². The van der Waals surface area contributed by atoms with Crippen LogP contribution in [0, 0.1) is 0 Å². The maximum absolute atomic E-state index is 12.7. The van der Waals surface area contributed by atoms with Crippen LogP contribution in [0.1, 0.15) is 6.92 Å². The van der Waals surface area contributed by atoms with Crippen LogP contribution in [0.5, 0.6) is 0 Å². The first kappa shape index (κ1) is 15.5. The van der Waals surface area contributed by atoms with Crippen molar-refractivity contribution in [3.05, 3.63) is 57.7 Å². The summed E-state index contributed by atoms with van der Waals surface area (Å²) in [5, 5.41) is 4.23. The van der Waals surface area contributed by atoms with Crippen molar-refractivity contribution >= 4 is 27.4 Å². The lowest BCUT2D eigenvalue weighted by Crippen LogP contribution is -2.27. The van der Waals surface area contributed by atoms with Gasteiger partial charge in [-0.15, -0.1) is 0 Å². The van der Waals surface area contributed by atoms with Crippen LogP contribution in [0.4, 0.5) is 0 Å². The average molecular weight is 376 g/mol. The highest BCUT2D eigenvalue weighted by Gasteiger charge is 2.16. The number of hydrogen-bond donors (Lipinski definition) is 0. The van der Waals surface area contributed by atoms with E-state index in [0.717, 1.165) is 11.1 Å². The van der Waals surface area contributed by atoms with Crippen LogP contribution in [0.2, 0.25) is 0 Å². The summed E-state index contributed by atoms with van der Waals surface area (Å²) in [5.74, 6) is -0.465. The topological polar surface area (TPSA) is 65.6 Å². The number of benzene rings is 1. The number of aromatic nitrogens is 3. The summed E-state index contributed by atoms with van der Waals surface area (Å²) >= 11 is 3.41. The monoisotopic (exact) mass is 375 g/mol. The second-order valence-corrected chi connectivity index (χ2v) is 5.69. The third-order valence-electron chi connectivity index (χ3n) is 3.39. The van der Waals surface area contributed by atoms with Gasteiger partial charge in [0.05, 0.1) is 6.61 Å². The van der Waals surface area contributed by atoms with Crippen molar-refractivity contribution in [1.82, 2.24) is 14.2 Å². The molecule has 2 aromatic heterocycles. The van der Waals surface area contributed by atoms with Crippen molar-refractivity contribution in [2.75, 3.05) is 6.61 Å². The molecule has 6 nitrogen and oxygen atoms in total. The van der Waals surface area contributed by atoms with Crippen LogP contribution in [-0.2, 0) is 16.1 Å². The van der Waals surface area contributed by atoms with Gasteiger partial charge in [-0.2, -0.15) is 5.10 Å². The number of carbonyl (C=O) groups is 1. The Balaban J connectivity index is 2.16. The first-order valence-electron chi connectivity index (χ1n) is 7.09. The number of rotatable bonds is 4. The van der Waals surface area contributed by atoms with E-state index < -0.39 is 5.97 Å². The van der Waals surface area contributed by atoms with Gasteiger partial charge < -0.3 is 4.74 Å². The van der Waals surface area contributed by atoms with Crippen LogP contribution in [0.3, 0.4) is 0 Å². The van der Waals surface area contributed by atoms with E-state index in [4.69, 9.17) is 4.74 Å². The molecular formula is C16H14BrN3O3. The highest BCUT2D eigenvalue weighted by Crippen LogP contribution is 2.27. The maximum Gasteiger partial charge on any atom is 0.326 e. The van der Waals surface area contributed by atoms with E-state index in [-0.39, 0.29) is 18.7 Å². The molecule has 2 heterocycles. The highest BCUT2D eigenvalue weighted by molar-refractivity contribution is 9.10. The lowest BCUT2D eigenvalue weighted by Gasteiger charge is -2.06. The minimum Gasteiger partial charge on any atom is -0.465 e. The molecule has 0 aliphatic heterocycles. The van der Waals surface area contributed by atoms with Crippen molar-refractivity contribution in [3.63, 3.8) is 0 Å². The third-order valence-corrected chi connectivity index (χ3v) is 3.96. The van der Waals surface area contributed by atoms with Crippen molar-refractivity contribution in [2.45, 2.75) is 13.5 Å². The number of halogens is 1. The average Bonchev–Trinajstić information content (AvgIpc) is 2.89. The zero-order chi connectivity index (χ0) is 16.4. The Morgan fingerprint density at radius 2 is 2.04 bits per heavy atom. The zero-order valence-corrected chi connectivity index (χ0v) is 14.0. The van der Waals surface area contributed by atoms with Crippen molar-refractivity contribution in [2.24, 2.45) is 0 Å².